The number of hydrogen-bond donors (Lipinski definition) is 2. The minimum absolute atomic E-state index is 0.134. The van der Waals surface area contributed by atoms with Crippen molar-refractivity contribution in [2.24, 2.45) is 5.92 Å². The molecule has 1 aromatic heterocycles. The van der Waals surface area contributed by atoms with Gasteiger partial charge in [-0.25, -0.2) is 9.78 Å². The molecule has 2 aromatic rings. The van der Waals surface area contributed by atoms with Crippen LogP contribution in [0.25, 0.3) is 0 Å². The molecule has 2 unspecified atom stereocenters. The number of alkyl carbamates (subject to hydrolysis) is 1. The van der Waals surface area contributed by atoms with Crippen molar-refractivity contribution < 1.29 is 14.3 Å². The van der Waals surface area contributed by atoms with Crippen molar-refractivity contribution in [1.82, 2.24) is 20.2 Å². The van der Waals surface area contributed by atoms with E-state index in [-0.39, 0.29) is 37.4 Å². The van der Waals surface area contributed by atoms with Gasteiger partial charge in [0, 0.05) is 31.0 Å². The van der Waals surface area contributed by atoms with Crippen molar-refractivity contribution in [3.05, 3.63) is 66.3 Å². The van der Waals surface area contributed by atoms with Crippen molar-refractivity contribution >= 4 is 12.0 Å². The molecule has 1 heterocycles. The molecule has 1 aromatic carbocycles. The summed E-state index contributed by atoms with van der Waals surface area (Å²) in [4.78, 5) is 28.6. The third-order valence-electron chi connectivity index (χ3n) is 5.05. The normalized spacial score (nSPS) is 12.3. The van der Waals surface area contributed by atoms with Gasteiger partial charge in [-0.1, -0.05) is 45.1 Å². The first kappa shape index (κ1) is 23.7. The van der Waals surface area contributed by atoms with Crippen LogP contribution in [0.15, 0.2) is 49.4 Å². The number of carbonyl (C=O) groups excluding carboxylic acids is 2. The minimum atomic E-state index is -0.539. The Morgan fingerprint density at radius 2 is 2.10 bits per heavy atom. The number of nitrogens with one attached hydrogen (secondary N) is 2. The molecular weight excluding hydrogens is 394 g/mol. The molecule has 31 heavy (non-hydrogen) atoms. The highest BCUT2D eigenvalue weighted by Crippen LogP contribution is 2.11. The summed E-state index contributed by atoms with van der Waals surface area (Å²) in [5, 5.41) is 14.6. The average molecular weight is 424 g/mol. The molecule has 0 aliphatic heterocycles. The van der Waals surface area contributed by atoms with E-state index in [9.17, 15) is 9.59 Å². The predicted octanol–water partition coefficient (Wildman–Crippen LogP) is 2.79. The quantitative estimate of drug-likeness (QED) is 0.540. The SMILES string of the molecule is C=CCOC(=O)NCC(NC(=O)Cc1cncn1Cc1ccc(C#N)cc1)C(C)CC. The van der Waals surface area contributed by atoms with Gasteiger partial charge in [0.2, 0.25) is 5.91 Å². The zero-order valence-electron chi connectivity index (χ0n) is 18.0. The molecule has 0 fully saturated rings. The predicted molar refractivity (Wildman–Crippen MR) is 117 cm³/mol. The molecule has 2 amide bonds. The van der Waals surface area contributed by atoms with E-state index in [1.807, 2.05) is 30.5 Å². The van der Waals surface area contributed by atoms with Gasteiger partial charge in [-0.2, -0.15) is 5.26 Å². The first-order valence-electron chi connectivity index (χ1n) is 10.3. The van der Waals surface area contributed by atoms with Gasteiger partial charge in [0.25, 0.3) is 0 Å². The van der Waals surface area contributed by atoms with E-state index >= 15 is 0 Å². The van der Waals surface area contributed by atoms with Gasteiger partial charge >= 0.3 is 6.09 Å². The van der Waals surface area contributed by atoms with Crippen LogP contribution in [0.1, 0.15) is 37.1 Å². The second kappa shape index (κ2) is 12.2. The Morgan fingerprint density at radius 1 is 1.35 bits per heavy atom. The molecule has 0 saturated heterocycles. The Balaban J connectivity index is 1.96. The van der Waals surface area contributed by atoms with Gasteiger partial charge in [0.05, 0.1) is 24.4 Å². The van der Waals surface area contributed by atoms with Crippen LogP contribution in [0.3, 0.4) is 0 Å². The lowest BCUT2D eigenvalue weighted by Gasteiger charge is -2.24. The highest BCUT2D eigenvalue weighted by molar-refractivity contribution is 5.78. The summed E-state index contributed by atoms with van der Waals surface area (Å²) >= 11 is 0. The second-order valence-corrected chi connectivity index (χ2v) is 7.33. The molecule has 0 aliphatic rings. The molecule has 2 atom stereocenters. The fourth-order valence-electron chi connectivity index (χ4n) is 3.00. The fourth-order valence-corrected chi connectivity index (χ4v) is 3.00. The van der Waals surface area contributed by atoms with Gasteiger partial charge in [-0.15, -0.1) is 0 Å². The van der Waals surface area contributed by atoms with E-state index in [1.165, 1.54) is 6.08 Å². The lowest BCUT2D eigenvalue weighted by atomic mass is 9.99. The largest absolute Gasteiger partial charge is 0.445 e. The van der Waals surface area contributed by atoms with Gasteiger partial charge in [0.1, 0.15) is 6.61 Å². The second-order valence-electron chi connectivity index (χ2n) is 7.33. The molecule has 164 valence electrons. The Labute approximate surface area is 182 Å². The number of carbonyl (C=O) groups is 2. The van der Waals surface area contributed by atoms with Crippen LogP contribution in [-0.2, 0) is 22.5 Å². The summed E-state index contributed by atoms with van der Waals surface area (Å²) in [7, 11) is 0. The number of hydrogen-bond acceptors (Lipinski definition) is 5. The third kappa shape index (κ3) is 7.63. The topological polar surface area (TPSA) is 109 Å². The van der Waals surface area contributed by atoms with Gasteiger partial charge < -0.3 is 19.9 Å². The van der Waals surface area contributed by atoms with E-state index in [2.05, 4.69) is 28.3 Å². The van der Waals surface area contributed by atoms with Crippen molar-refractivity contribution in [2.45, 2.75) is 39.3 Å². The summed E-state index contributed by atoms with van der Waals surface area (Å²) in [5.41, 5.74) is 2.40. The molecule has 0 saturated carbocycles. The number of benzene rings is 1. The van der Waals surface area contributed by atoms with Gasteiger partial charge in [-0.05, 0) is 23.6 Å². The molecule has 0 bridgehead atoms. The van der Waals surface area contributed by atoms with E-state index in [1.54, 1.807) is 24.7 Å². The summed E-state index contributed by atoms with van der Waals surface area (Å²) in [5.74, 6) is 0.0281. The Hall–Kier alpha value is -3.60. The van der Waals surface area contributed by atoms with Crippen LogP contribution in [0.4, 0.5) is 4.79 Å². The summed E-state index contributed by atoms with van der Waals surface area (Å²) < 4.78 is 6.83. The van der Waals surface area contributed by atoms with Crippen LogP contribution >= 0.6 is 0 Å². The van der Waals surface area contributed by atoms with Crippen molar-refractivity contribution in [3.63, 3.8) is 0 Å². The maximum absolute atomic E-state index is 12.7. The zero-order valence-corrected chi connectivity index (χ0v) is 18.0. The molecule has 8 nitrogen and oxygen atoms in total. The molecule has 2 rings (SSSR count). The highest BCUT2D eigenvalue weighted by Gasteiger charge is 2.20. The summed E-state index contributed by atoms with van der Waals surface area (Å²) in [6, 6.07) is 9.19. The lowest BCUT2D eigenvalue weighted by molar-refractivity contribution is -0.121. The Kier molecular flexibility index (Phi) is 9.30. The first-order valence-corrected chi connectivity index (χ1v) is 10.3. The standard InChI is InChI=1S/C23H29N5O3/c1-4-10-31-23(30)26-14-21(17(3)5-2)27-22(29)11-20-13-25-16-28(20)15-19-8-6-18(12-24)7-9-19/h4,6-9,13,16-17,21H,1,5,10-11,14-15H2,2-3H3,(H,26,30)(H,27,29). The number of imidazole rings is 1. The maximum Gasteiger partial charge on any atom is 0.407 e. The number of ether oxygens (including phenoxy) is 1. The van der Waals surface area contributed by atoms with Crippen LogP contribution in [0.5, 0.6) is 0 Å². The number of nitriles is 1. The molecule has 0 spiro atoms. The number of rotatable bonds is 11. The lowest BCUT2D eigenvalue weighted by Crippen LogP contribution is -2.47. The average Bonchev–Trinajstić information content (AvgIpc) is 3.21. The van der Waals surface area contributed by atoms with Gasteiger partial charge in [-0.3, -0.25) is 4.79 Å². The van der Waals surface area contributed by atoms with E-state index in [0.717, 1.165) is 17.7 Å². The zero-order chi connectivity index (χ0) is 22.6. The minimum Gasteiger partial charge on any atom is -0.445 e. The van der Waals surface area contributed by atoms with E-state index in [4.69, 9.17) is 10.00 Å². The Morgan fingerprint density at radius 3 is 2.74 bits per heavy atom. The molecule has 0 aliphatic carbocycles. The molecular formula is C23H29N5O3. The van der Waals surface area contributed by atoms with Crippen molar-refractivity contribution in [2.75, 3.05) is 13.2 Å². The number of nitrogens with zero attached hydrogens (tertiary/aromatic N) is 3. The smallest absolute Gasteiger partial charge is 0.407 e. The summed E-state index contributed by atoms with van der Waals surface area (Å²) in [6.07, 6.45) is 5.34. The fraction of sp³-hybridized carbons (Fsp3) is 0.391. The van der Waals surface area contributed by atoms with E-state index < -0.39 is 6.09 Å². The highest BCUT2D eigenvalue weighted by atomic mass is 16.5. The van der Waals surface area contributed by atoms with Crippen LogP contribution in [0.2, 0.25) is 0 Å². The van der Waals surface area contributed by atoms with Crippen LogP contribution < -0.4 is 10.6 Å². The maximum atomic E-state index is 12.7. The van der Waals surface area contributed by atoms with Crippen LogP contribution in [-0.4, -0.2) is 40.7 Å². The van der Waals surface area contributed by atoms with Crippen LogP contribution in [0, 0.1) is 17.2 Å². The Bertz CT molecular complexity index is 914. The van der Waals surface area contributed by atoms with Gasteiger partial charge in [0.15, 0.2) is 0 Å². The monoisotopic (exact) mass is 423 g/mol. The summed E-state index contributed by atoms with van der Waals surface area (Å²) in [6.45, 7) is 8.53. The van der Waals surface area contributed by atoms with E-state index in [0.29, 0.717) is 12.1 Å². The molecule has 0 radical (unpaired) electrons. The van der Waals surface area contributed by atoms with Crippen molar-refractivity contribution in [1.29, 1.82) is 5.26 Å². The molecule has 8 heteroatoms. The molecule has 2 N–H and O–H groups in total. The number of amides is 2. The number of aromatic nitrogens is 2. The first-order chi connectivity index (χ1) is 15.0. The third-order valence-corrected chi connectivity index (χ3v) is 5.05. The van der Waals surface area contributed by atoms with Crippen molar-refractivity contribution in [3.8, 4) is 6.07 Å².